The number of carbonyl (C=O) groups is 1. The molecule has 17 heavy (non-hydrogen) atoms. The van der Waals surface area contributed by atoms with Gasteiger partial charge in [-0.05, 0) is 19.1 Å². The third-order valence-corrected chi connectivity index (χ3v) is 2.81. The topological polar surface area (TPSA) is 62.7 Å². The van der Waals surface area contributed by atoms with E-state index < -0.39 is 0 Å². The van der Waals surface area contributed by atoms with E-state index in [4.69, 9.17) is 9.84 Å². The van der Waals surface area contributed by atoms with Crippen molar-refractivity contribution in [3.05, 3.63) is 23.9 Å². The van der Waals surface area contributed by atoms with E-state index in [1.807, 2.05) is 4.90 Å². The minimum absolute atomic E-state index is 0.000130. The van der Waals surface area contributed by atoms with Crippen LogP contribution in [0.2, 0.25) is 0 Å². The average molecular weight is 236 g/mol. The van der Waals surface area contributed by atoms with Crippen LogP contribution in [0.1, 0.15) is 17.3 Å². The molecule has 0 aromatic carbocycles. The summed E-state index contributed by atoms with van der Waals surface area (Å²) in [4.78, 5) is 17.8. The number of ether oxygens (including phenoxy) is 1. The SMILES string of the molecule is CC(=O)c1cccnc1N1CCOC(CO)C1. The Hall–Kier alpha value is -1.46. The Balaban J connectivity index is 2.24. The molecule has 2 rings (SSSR count). The second kappa shape index (κ2) is 5.25. The molecule has 1 aliphatic heterocycles. The minimum Gasteiger partial charge on any atom is -0.394 e. The molecule has 1 fully saturated rings. The standard InChI is InChI=1S/C12H16N2O3/c1-9(16)11-3-2-4-13-12(11)14-5-6-17-10(7-14)8-15/h2-4,10,15H,5-8H2,1H3. The third-order valence-electron chi connectivity index (χ3n) is 2.81. The highest BCUT2D eigenvalue weighted by Crippen LogP contribution is 2.20. The molecule has 0 saturated carbocycles. The third kappa shape index (κ3) is 2.62. The molecule has 1 saturated heterocycles. The number of aliphatic hydroxyl groups excluding tert-OH is 1. The summed E-state index contributed by atoms with van der Waals surface area (Å²) in [6, 6.07) is 3.53. The Morgan fingerprint density at radius 3 is 3.24 bits per heavy atom. The van der Waals surface area contributed by atoms with E-state index in [2.05, 4.69) is 4.98 Å². The van der Waals surface area contributed by atoms with Gasteiger partial charge in [-0.15, -0.1) is 0 Å². The van der Waals surface area contributed by atoms with Crippen LogP contribution in [0.15, 0.2) is 18.3 Å². The summed E-state index contributed by atoms with van der Waals surface area (Å²) in [6.07, 6.45) is 1.47. The molecule has 0 radical (unpaired) electrons. The van der Waals surface area contributed by atoms with Crippen LogP contribution in [-0.2, 0) is 4.74 Å². The van der Waals surface area contributed by atoms with Crippen molar-refractivity contribution < 1.29 is 14.6 Å². The van der Waals surface area contributed by atoms with Crippen molar-refractivity contribution in [3.8, 4) is 0 Å². The number of ketones is 1. The summed E-state index contributed by atoms with van der Waals surface area (Å²) in [7, 11) is 0. The molecule has 1 aromatic rings. The van der Waals surface area contributed by atoms with Gasteiger partial charge in [0.25, 0.3) is 0 Å². The average Bonchev–Trinajstić information content (AvgIpc) is 2.39. The van der Waals surface area contributed by atoms with Crippen LogP contribution in [0.5, 0.6) is 0 Å². The molecule has 1 aromatic heterocycles. The molecule has 1 N–H and O–H groups in total. The number of aromatic nitrogens is 1. The van der Waals surface area contributed by atoms with Crippen LogP contribution < -0.4 is 4.90 Å². The van der Waals surface area contributed by atoms with Crippen molar-refractivity contribution in [3.63, 3.8) is 0 Å². The Kier molecular flexibility index (Phi) is 3.71. The van der Waals surface area contributed by atoms with Crippen LogP contribution >= 0.6 is 0 Å². The molecular weight excluding hydrogens is 220 g/mol. The number of morpholine rings is 1. The molecule has 0 spiro atoms. The number of nitrogens with zero attached hydrogens (tertiary/aromatic N) is 2. The fraction of sp³-hybridized carbons (Fsp3) is 0.500. The van der Waals surface area contributed by atoms with E-state index in [9.17, 15) is 4.79 Å². The molecule has 1 atom stereocenters. The fourth-order valence-electron chi connectivity index (χ4n) is 1.95. The molecule has 5 nitrogen and oxygen atoms in total. The summed E-state index contributed by atoms with van der Waals surface area (Å²) in [6.45, 7) is 3.31. The zero-order valence-corrected chi connectivity index (χ0v) is 9.80. The van der Waals surface area contributed by atoms with E-state index in [-0.39, 0.29) is 18.5 Å². The van der Waals surface area contributed by atoms with Gasteiger partial charge in [0.05, 0.1) is 24.9 Å². The highest BCUT2D eigenvalue weighted by molar-refractivity contribution is 5.98. The van der Waals surface area contributed by atoms with Gasteiger partial charge in [-0.3, -0.25) is 4.79 Å². The largest absolute Gasteiger partial charge is 0.394 e. The second-order valence-corrected chi connectivity index (χ2v) is 4.05. The fourth-order valence-corrected chi connectivity index (χ4v) is 1.95. The maximum absolute atomic E-state index is 11.5. The van der Waals surface area contributed by atoms with Gasteiger partial charge in [0.15, 0.2) is 5.78 Å². The summed E-state index contributed by atoms with van der Waals surface area (Å²) >= 11 is 0. The molecule has 5 heteroatoms. The molecule has 0 amide bonds. The van der Waals surface area contributed by atoms with Gasteiger partial charge in [-0.25, -0.2) is 4.98 Å². The molecular formula is C12H16N2O3. The molecule has 0 aliphatic carbocycles. The molecule has 1 aliphatic rings. The van der Waals surface area contributed by atoms with E-state index in [1.165, 1.54) is 6.92 Å². The highest BCUT2D eigenvalue weighted by Gasteiger charge is 2.23. The Labute approximate surface area is 100 Å². The first-order valence-corrected chi connectivity index (χ1v) is 5.65. The summed E-state index contributed by atoms with van der Waals surface area (Å²) in [5.41, 5.74) is 0.617. The first-order valence-electron chi connectivity index (χ1n) is 5.65. The van der Waals surface area contributed by atoms with Crippen LogP contribution in [0.3, 0.4) is 0 Å². The first-order chi connectivity index (χ1) is 8.22. The van der Waals surface area contributed by atoms with Gasteiger partial charge in [0, 0.05) is 19.3 Å². The van der Waals surface area contributed by atoms with Crippen molar-refractivity contribution in [2.75, 3.05) is 31.2 Å². The summed E-state index contributed by atoms with van der Waals surface area (Å²) < 4.78 is 5.37. The van der Waals surface area contributed by atoms with Gasteiger partial charge in [0.1, 0.15) is 5.82 Å². The van der Waals surface area contributed by atoms with Gasteiger partial charge in [-0.2, -0.15) is 0 Å². The Morgan fingerprint density at radius 1 is 1.71 bits per heavy atom. The van der Waals surface area contributed by atoms with Crippen LogP contribution in [-0.4, -0.2) is 48.3 Å². The zero-order valence-electron chi connectivity index (χ0n) is 9.80. The normalized spacial score (nSPS) is 20.4. The highest BCUT2D eigenvalue weighted by atomic mass is 16.5. The number of hydrogen-bond donors (Lipinski definition) is 1. The number of hydrogen-bond acceptors (Lipinski definition) is 5. The molecule has 0 bridgehead atoms. The summed E-state index contributed by atoms with van der Waals surface area (Å²) in [5, 5.41) is 9.10. The number of pyridine rings is 1. The Bertz CT molecular complexity index is 408. The number of Topliss-reactive ketones (excluding diaryl/α,β-unsaturated/α-hetero) is 1. The smallest absolute Gasteiger partial charge is 0.163 e. The van der Waals surface area contributed by atoms with E-state index in [0.29, 0.717) is 31.1 Å². The van der Waals surface area contributed by atoms with Gasteiger partial charge < -0.3 is 14.7 Å². The number of rotatable bonds is 3. The number of aliphatic hydroxyl groups is 1. The first kappa shape index (κ1) is 12.0. The quantitative estimate of drug-likeness (QED) is 0.773. The maximum atomic E-state index is 11.5. The maximum Gasteiger partial charge on any atom is 0.163 e. The van der Waals surface area contributed by atoms with E-state index in [1.54, 1.807) is 18.3 Å². The molecule has 2 heterocycles. The lowest BCUT2D eigenvalue weighted by atomic mass is 10.1. The second-order valence-electron chi connectivity index (χ2n) is 4.05. The lowest BCUT2D eigenvalue weighted by molar-refractivity contribution is 0.00332. The molecule has 1 unspecified atom stereocenters. The van der Waals surface area contributed by atoms with Crippen LogP contribution in [0.25, 0.3) is 0 Å². The summed E-state index contributed by atoms with van der Waals surface area (Å²) in [5.74, 6) is 0.682. The van der Waals surface area contributed by atoms with Crippen LogP contribution in [0.4, 0.5) is 5.82 Å². The van der Waals surface area contributed by atoms with Crippen molar-refractivity contribution in [2.24, 2.45) is 0 Å². The number of anilines is 1. The lowest BCUT2D eigenvalue weighted by Crippen LogP contribution is -2.45. The predicted octanol–water partition coefficient (Wildman–Crippen LogP) is 0.482. The minimum atomic E-state index is -0.203. The van der Waals surface area contributed by atoms with E-state index in [0.717, 1.165) is 0 Å². The monoisotopic (exact) mass is 236 g/mol. The van der Waals surface area contributed by atoms with Gasteiger partial charge >= 0.3 is 0 Å². The van der Waals surface area contributed by atoms with Crippen molar-refractivity contribution >= 4 is 11.6 Å². The van der Waals surface area contributed by atoms with Gasteiger partial charge in [-0.1, -0.05) is 0 Å². The van der Waals surface area contributed by atoms with Crippen molar-refractivity contribution in [1.29, 1.82) is 0 Å². The predicted molar refractivity (Wildman–Crippen MR) is 63.3 cm³/mol. The number of carbonyl (C=O) groups excluding carboxylic acids is 1. The zero-order chi connectivity index (χ0) is 12.3. The Morgan fingerprint density at radius 2 is 2.53 bits per heavy atom. The van der Waals surface area contributed by atoms with Gasteiger partial charge in [0.2, 0.25) is 0 Å². The van der Waals surface area contributed by atoms with Crippen molar-refractivity contribution in [1.82, 2.24) is 4.98 Å². The lowest BCUT2D eigenvalue weighted by Gasteiger charge is -2.33. The van der Waals surface area contributed by atoms with Crippen LogP contribution in [0, 0.1) is 0 Å². The van der Waals surface area contributed by atoms with Crippen molar-refractivity contribution in [2.45, 2.75) is 13.0 Å². The molecule has 92 valence electrons. The van der Waals surface area contributed by atoms with E-state index >= 15 is 0 Å².